The molecule has 0 heterocycles. The van der Waals surface area contributed by atoms with Gasteiger partial charge in [0.15, 0.2) is 6.04 Å². The second-order valence-corrected chi connectivity index (χ2v) is 6.99. The molecule has 0 rings (SSSR count). The standard InChI is InChI=1S/C17H27N5O11/c1-6(23)13(17(32)33)22-16(31)9(5-10(19)24)21-15(30)8(2-3-11(25)26)20-14(29)7(18)4-12(27)28/h6-9,13,23H,2-5,18H2,1H3,(H2,19,24)(H,20,29)(H,21,30)(H,22,31)(H,25,26)(H,27,28)(H,32,33). The zero-order valence-corrected chi connectivity index (χ0v) is 17.5. The van der Waals surface area contributed by atoms with Gasteiger partial charge in [-0.15, -0.1) is 0 Å². The van der Waals surface area contributed by atoms with Crippen molar-refractivity contribution in [2.24, 2.45) is 11.5 Å². The van der Waals surface area contributed by atoms with Crippen molar-refractivity contribution < 1.29 is 54.0 Å². The second kappa shape index (κ2) is 13.6. The summed E-state index contributed by atoms with van der Waals surface area (Å²) in [4.78, 5) is 81.1. The number of aliphatic carboxylic acids is 3. The number of amides is 4. The zero-order chi connectivity index (χ0) is 25.9. The van der Waals surface area contributed by atoms with Gasteiger partial charge in [-0.25, -0.2) is 4.79 Å². The van der Waals surface area contributed by atoms with Crippen LogP contribution >= 0.6 is 0 Å². The van der Waals surface area contributed by atoms with Gasteiger partial charge in [-0.05, 0) is 13.3 Å². The molecule has 186 valence electrons. The minimum Gasteiger partial charge on any atom is -0.481 e. The van der Waals surface area contributed by atoms with Gasteiger partial charge in [-0.3, -0.25) is 28.8 Å². The minimum atomic E-state index is -1.79. The fourth-order valence-corrected chi connectivity index (χ4v) is 2.42. The Balaban J connectivity index is 5.60. The molecule has 0 aliphatic heterocycles. The van der Waals surface area contributed by atoms with Crippen LogP contribution in [-0.4, -0.2) is 92.2 Å². The highest BCUT2D eigenvalue weighted by Gasteiger charge is 2.33. The molecule has 0 aromatic carbocycles. The van der Waals surface area contributed by atoms with Crippen molar-refractivity contribution in [1.82, 2.24) is 16.0 Å². The highest BCUT2D eigenvalue weighted by atomic mass is 16.4. The lowest BCUT2D eigenvalue weighted by molar-refractivity contribution is -0.145. The first kappa shape index (κ1) is 29.2. The Morgan fingerprint density at radius 3 is 1.73 bits per heavy atom. The van der Waals surface area contributed by atoms with Crippen molar-refractivity contribution in [1.29, 1.82) is 0 Å². The van der Waals surface area contributed by atoms with Crippen molar-refractivity contribution >= 4 is 41.5 Å². The molecule has 0 radical (unpaired) electrons. The van der Waals surface area contributed by atoms with Crippen LogP contribution in [0.5, 0.6) is 0 Å². The SMILES string of the molecule is CC(O)C(NC(=O)C(CC(N)=O)NC(=O)C(CCC(=O)O)NC(=O)C(N)CC(=O)O)C(=O)O. The van der Waals surface area contributed by atoms with Crippen LogP contribution in [0.3, 0.4) is 0 Å². The fourth-order valence-electron chi connectivity index (χ4n) is 2.42. The molecule has 0 aromatic rings. The van der Waals surface area contributed by atoms with Crippen LogP contribution in [0.1, 0.15) is 32.6 Å². The van der Waals surface area contributed by atoms with Gasteiger partial charge in [-0.2, -0.15) is 0 Å². The third kappa shape index (κ3) is 11.4. The summed E-state index contributed by atoms with van der Waals surface area (Å²) in [5.41, 5.74) is 10.4. The number of carboxylic acid groups (broad SMARTS) is 3. The highest BCUT2D eigenvalue weighted by molar-refractivity contribution is 5.96. The minimum absolute atomic E-state index is 0.497. The van der Waals surface area contributed by atoms with E-state index in [1.54, 1.807) is 0 Å². The first-order valence-electron chi connectivity index (χ1n) is 9.45. The quantitative estimate of drug-likeness (QED) is 0.108. The molecule has 5 unspecified atom stereocenters. The van der Waals surface area contributed by atoms with Crippen LogP contribution in [0.2, 0.25) is 0 Å². The van der Waals surface area contributed by atoms with E-state index in [2.05, 4.69) is 5.32 Å². The summed E-state index contributed by atoms with van der Waals surface area (Å²) in [6.45, 7) is 1.07. The second-order valence-electron chi connectivity index (χ2n) is 6.99. The summed E-state index contributed by atoms with van der Waals surface area (Å²) < 4.78 is 0. The molecule has 33 heavy (non-hydrogen) atoms. The molecule has 0 aliphatic rings. The van der Waals surface area contributed by atoms with Crippen molar-refractivity contribution in [3.05, 3.63) is 0 Å². The van der Waals surface area contributed by atoms with E-state index in [9.17, 15) is 38.7 Å². The van der Waals surface area contributed by atoms with Crippen LogP contribution in [0.15, 0.2) is 0 Å². The van der Waals surface area contributed by atoms with Gasteiger partial charge >= 0.3 is 17.9 Å². The number of hydrogen-bond acceptors (Lipinski definition) is 9. The van der Waals surface area contributed by atoms with Gasteiger partial charge < -0.3 is 47.8 Å². The first-order valence-corrected chi connectivity index (χ1v) is 9.45. The maximum absolute atomic E-state index is 12.6. The Morgan fingerprint density at radius 2 is 1.30 bits per heavy atom. The van der Waals surface area contributed by atoms with Gasteiger partial charge in [0.25, 0.3) is 0 Å². The van der Waals surface area contributed by atoms with E-state index in [0.717, 1.165) is 6.92 Å². The summed E-state index contributed by atoms with van der Waals surface area (Å²) in [6, 6.07) is -6.72. The van der Waals surface area contributed by atoms with Gasteiger partial charge in [0, 0.05) is 6.42 Å². The van der Waals surface area contributed by atoms with E-state index < -0.39 is 97.5 Å². The molecular formula is C17H27N5O11. The molecule has 4 amide bonds. The number of nitrogens with one attached hydrogen (secondary N) is 3. The molecule has 0 saturated heterocycles. The number of carbonyl (C=O) groups excluding carboxylic acids is 4. The smallest absolute Gasteiger partial charge is 0.328 e. The predicted molar refractivity (Wildman–Crippen MR) is 106 cm³/mol. The summed E-state index contributed by atoms with van der Waals surface area (Å²) in [5, 5.41) is 42.1. The summed E-state index contributed by atoms with van der Waals surface area (Å²) in [7, 11) is 0. The van der Waals surface area contributed by atoms with Crippen LogP contribution in [0.25, 0.3) is 0 Å². The number of carboxylic acids is 3. The van der Waals surface area contributed by atoms with Crippen LogP contribution in [0, 0.1) is 0 Å². The third-order valence-corrected chi connectivity index (χ3v) is 4.10. The van der Waals surface area contributed by atoms with Gasteiger partial charge in [0.05, 0.1) is 25.0 Å². The number of nitrogens with two attached hydrogens (primary N) is 2. The molecule has 5 atom stereocenters. The van der Waals surface area contributed by atoms with E-state index in [1.807, 2.05) is 10.6 Å². The van der Waals surface area contributed by atoms with Crippen molar-refractivity contribution in [2.75, 3.05) is 0 Å². The Hall–Kier alpha value is -3.79. The molecule has 16 heteroatoms. The number of aliphatic hydroxyl groups excluding tert-OH is 1. The van der Waals surface area contributed by atoms with E-state index in [1.165, 1.54) is 0 Å². The molecule has 0 aromatic heterocycles. The van der Waals surface area contributed by atoms with Crippen molar-refractivity contribution in [2.45, 2.75) is 62.9 Å². The van der Waals surface area contributed by atoms with Gasteiger partial charge in [-0.1, -0.05) is 0 Å². The number of hydrogen-bond donors (Lipinski definition) is 9. The average Bonchev–Trinajstić information content (AvgIpc) is 2.66. The van der Waals surface area contributed by atoms with Crippen molar-refractivity contribution in [3.63, 3.8) is 0 Å². The molecule has 0 bridgehead atoms. The lowest BCUT2D eigenvalue weighted by Gasteiger charge is -2.25. The summed E-state index contributed by atoms with van der Waals surface area (Å²) in [6.07, 6.45) is -4.26. The summed E-state index contributed by atoms with van der Waals surface area (Å²) in [5.74, 6) is -8.90. The first-order chi connectivity index (χ1) is 15.1. The maximum atomic E-state index is 12.6. The van der Waals surface area contributed by atoms with E-state index in [-0.39, 0.29) is 0 Å². The molecule has 0 fully saturated rings. The molecule has 0 aliphatic carbocycles. The van der Waals surface area contributed by atoms with E-state index in [4.69, 9.17) is 26.8 Å². The number of rotatable bonds is 15. The van der Waals surface area contributed by atoms with Crippen LogP contribution in [-0.2, 0) is 33.6 Å². The number of primary amides is 1. The Labute approximate surface area is 186 Å². The zero-order valence-electron chi connectivity index (χ0n) is 17.5. The molecular weight excluding hydrogens is 450 g/mol. The van der Waals surface area contributed by atoms with E-state index >= 15 is 0 Å². The van der Waals surface area contributed by atoms with E-state index in [0.29, 0.717) is 0 Å². The molecule has 11 N–H and O–H groups in total. The maximum Gasteiger partial charge on any atom is 0.328 e. The van der Waals surface area contributed by atoms with Gasteiger partial charge in [0.1, 0.15) is 12.1 Å². The summed E-state index contributed by atoms with van der Waals surface area (Å²) >= 11 is 0. The number of aliphatic hydroxyl groups is 1. The average molecular weight is 477 g/mol. The molecule has 0 saturated carbocycles. The lowest BCUT2D eigenvalue weighted by atomic mass is 10.1. The van der Waals surface area contributed by atoms with Crippen molar-refractivity contribution in [3.8, 4) is 0 Å². The topological polar surface area (TPSA) is 289 Å². The van der Waals surface area contributed by atoms with Crippen LogP contribution < -0.4 is 27.4 Å². The normalized spacial score (nSPS) is 15.1. The Kier molecular flexibility index (Phi) is 12.0. The molecule has 16 nitrogen and oxygen atoms in total. The largest absolute Gasteiger partial charge is 0.481 e. The fraction of sp³-hybridized carbons (Fsp3) is 0.588. The highest BCUT2D eigenvalue weighted by Crippen LogP contribution is 2.04. The van der Waals surface area contributed by atoms with Gasteiger partial charge in [0.2, 0.25) is 23.6 Å². The third-order valence-electron chi connectivity index (χ3n) is 4.10. The Morgan fingerprint density at radius 1 is 0.788 bits per heavy atom. The lowest BCUT2D eigenvalue weighted by Crippen LogP contribution is -2.59. The monoisotopic (exact) mass is 477 g/mol. The number of carbonyl (C=O) groups is 7. The Bertz CT molecular complexity index is 785. The molecule has 0 spiro atoms. The van der Waals surface area contributed by atoms with Crippen LogP contribution in [0.4, 0.5) is 0 Å². The predicted octanol–water partition coefficient (Wildman–Crippen LogP) is -4.55.